The monoisotopic (exact) mass is 389 g/mol. The number of hydrogen-bond acceptors (Lipinski definition) is 7. The number of nitro groups is 1. The van der Waals surface area contributed by atoms with E-state index in [4.69, 9.17) is 33.3 Å². The average Bonchev–Trinajstić information content (AvgIpc) is 2.55. The number of carbonyl (C=O) groups excluding carboxylic acids is 2. The van der Waals surface area contributed by atoms with Gasteiger partial charge in [-0.1, -0.05) is 11.6 Å². The summed E-state index contributed by atoms with van der Waals surface area (Å²) < 4.78 is 9.54. The number of ether oxygens (including phenoxy) is 2. The number of methoxy groups -OCH3 is 1. The number of nitrogens with one attached hydrogen (secondary N) is 2. The van der Waals surface area contributed by atoms with Crippen LogP contribution in [0.1, 0.15) is 12.8 Å². The van der Waals surface area contributed by atoms with Gasteiger partial charge in [-0.3, -0.25) is 19.7 Å². The summed E-state index contributed by atoms with van der Waals surface area (Å²) in [7, 11) is 1.48. The van der Waals surface area contributed by atoms with Gasteiger partial charge in [-0.2, -0.15) is 0 Å². The van der Waals surface area contributed by atoms with Crippen molar-refractivity contribution in [1.82, 2.24) is 5.32 Å². The molecule has 0 aromatic heterocycles. The molecule has 9 nitrogen and oxygen atoms in total. The van der Waals surface area contributed by atoms with Gasteiger partial charge in [0, 0.05) is 25.7 Å². The summed E-state index contributed by atoms with van der Waals surface area (Å²) >= 11 is 10.9. The summed E-state index contributed by atoms with van der Waals surface area (Å²) in [6.45, 7) is 0.400. The lowest BCUT2D eigenvalue weighted by Crippen LogP contribution is -2.34. The van der Waals surface area contributed by atoms with E-state index in [1.54, 1.807) is 0 Å². The van der Waals surface area contributed by atoms with Gasteiger partial charge in [-0.15, -0.1) is 0 Å². The van der Waals surface area contributed by atoms with Crippen molar-refractivity contribution >= 4 is 52.2 Å². The van der Waals surface area contributed by atoms with E-state index in [0.717, 1.165) is 6.07 Å². The molecular weight excluding hydrogens is 374 g/mol. The maximum Gasteiger partial charge on any atom is 0.306 e. The molecule has 0 saturated carbocycles. The molecule has 0 spiro atoms. The minimum absolute atomic E-state index is 0.0477. The molecule has 0 aliphatic rings. The number of amides is 1. The Morgan fingerprint density at radius 1 is 1.32 bits per heavy atom. The molecule has 25 heavy (non-hydrogen) atoms. The molecule has 1 aromatic rings. The third-order valence-corrected chi connectivity index (χ3v) is 3.29. The Bertz CT molecular complexity index is 670. The minimum Gasteiger partial charge on any atom is -0.463 e. The number of nitrogens with zero attached hydrogens (tertiary/aromatic N) is 1. The van der Waals surface area contributed by atoms with Gasteiger partial charge < -0.3 is 20.1 Å². The second kappa shape index (κ2) is 10.5. The average molecular weight is 390 g/mol. The van der Waals surface area contributed by atoms with Gasteiger partial charge in [0.15, 0.2) is 5.11 Å². The van der Waals surface area contributed by atoms with Crippen LogP contribution in [0.2, 0.25) is 5.02 Å². The van der Waals surface area contributed by atoms with Gasteiger partial charge in [0.05, 0.1) is 28.7 Å². The van der Waals surface area contributed by atoms with E-state index in [0.29, 0.717) is 5.69 Å². The standard InChI is InChI=1S/C14H16ClN3O6S/c1-23-6-7-24-13(20)5-4-12(19)17-14(25)16-11-3-2-9(18(21)22)8-10(11)15/h2-3,8H,4-7H2,1H3,(H2,16,17,19,25). The number of hydrogen-bond donors (Lipinski definition) is 2. The maximum atomic E-state index is 11.7. The van der Waals surface area contributed by atoms with E-state index in [9.17, 15) is 19.7 Å². The van der Waals surface area contributed by atoms with Crippen LogP contribution in [0.5, 0.6) is 0 Å². The highest BCUT2D eigenvalue weighted by atomic mass is 35.5. The minimum atomic E-state index is -0.582. The van der Waals surface area contributed by atoms with Gasteiger partial charge in [0.1, 0.15) is 6.61 Å². The summed E-state index contributed by atoms with van der Waals surface area (Å²) in [5, 5.41) is 15.7. The molecule has 1 rings (SSSR count). The van der Waals surface area contributed by atoms with Crippen LogP contribution in [0.3, 0.4) is 0 Å². The molecule has 0 aliphatic carbocycles. The van der Waals surface area contributed by atoms with Crippen molar-refractivity contribution in [2.45, 2.75) is 12.8 Å². The molecule has 0 heterocycles. The quantitative estimate of drug-likeness (QED) is 0.228. The number of rotatable bonds is 8. The zero-order valence-corrected chi connectivity index (χ0v) is 14.8. The normalized spacial score (nSPS) is 10.0. The highest BCUT2D eigenvalue weighted by molar-refractivity contribution is 7.80. The zero-order chi connectivity index (χ0) is 18.8. The van der Waals surface area contributed by atoms with Gasteiger partial charge in [-0.05, 0) is 18.3 Å². The number of carbonyl (C=O) groups is 2. The van der Waals surface area contributed by atoms with Gasteiger partial charge in [0.25, 0.3) is 5.69 Å². The van der Waals surface area contributed by atoms with Crippen LogP contribution in [0.15, 0.2) is 18.2 Å². The van der Waals surface area contributed by atoms with Crippen molar-refractivity contribution in [2.75, 3.05) is 25.6 Å². The molecule has 0 fully saturated rings. The summed E-state index contributed by atoms with van der Waals surface area (Å²) in [6, 6.07) is 3.77. The van der Waals surface area contributed by atoms with Crippen molar-refractivity contribution < 1.29 is 24.0 Å². The molecule has 0 atom stereocenters. The number of nitro benzene ring substituents is 1. The fourth-order valence-electron chi connectivity index (χ4n) is 1.59. The third kappa shape index (κ3) is 7.88. The van der Waals surface area contributed by atoms with Gasteiger partial charge in [-0.25, -0.2) is 0 Å². The van der Waals surface area contributed by atoms with E-state index in [2.05, 4.69) is 10.6 Å². The molecular formula is C14H16ClN3O6S. The van der Waals surface area contributed by atoms with Crippen molar-refractivity contribution in [2.24, 2.45) is 0 Å². The second-order valence-corrected chi connectivity index (χ2v) is 5.45. The molecule has 1 aromatic carbocycles. The SMILES string of the molecule is COCCOC(=O)CCC(=O)NC(=S)Nc1ccc([N+](=O)[O-])cc1Cl. The summed E-state index contributed by atoms with van der Waals surface area (Å²) in [5.41, 5.74) is 0.133. The molecule has 0 bridgehead atoms. The second-order valence-electron chi connectivity index (χ2n) is 4.64. The van der Waals surface area contributed by atoms with E-state index in [1.165, 1.54) is 19.2 Å². The van der Waals surface area contributed by atoms with E-state index in [1.807, 2.05) is 0 Å². The summed E-state index contributed by atoms with van der Waals surface area (Å²) in [5.74, 6) is -1.01. The van der Waals surface area contributed by atoms with Crippen molar-refractivity contribution in [3.63, 3.8) is 0 Å². The Balaban J connectivity index is 2.42. The van der Waals surface area contributed by atoms with Gasteiger partial charge >= 0.3 is 5.97 Å². The Morgan fingerprint density at radius 2 is 2.04 bits per heavy atom. The van der Waals surface area contributed by atoms with Crippen LogP contribution in [-0.4, -0.2) is 42.2 Å². The number of benzene rings is 1. The Morgan fingerprint density at radius 3 is 2.64 bits per heavy atom. The zero-order valence-electron chi connectivity index (χ0n) is 13.2. The molecule has 1 amide bonds. The fourth-order valence-corrected chi connectivity index (χ4v) is 2.03. The number of esters is 1. The van der Waals surface area contributed by atoms with Crippen molar-refractivity contribution in [3.05, 3.63) is 33.3 Å². The van der Waals surface area contributed by atoms with E-state index in [-0.39, 0.29) is 41.9 Å². The topological polar surface area (TPSA) is 120 Å². The number of anilines is 1. The molecule has 11 heteroatoms. The fraction of sp³-hybridized carbons (Fsp3) is 0.357. The van der Waals surface area contributed by atoms with E-state index >= 15 is 0 Å². The Labute approximate surface area is 153 Å². The number of thiocarbonyl (C=S) groups is 1. The Kier molecular flexibility index (Phi) is 8.75. The molecule has 0 unspecified atom stereocenters. The molecule has 0 saturated heterocycles. The maximum absolute atomic E-state index is 11.7. The van der Waals surface area contributed by atoms with Crippen LogP contribution < -0.4 is 10.6 Å². The lowest BCUT2D eigenvalue weighted by molar-refractivity contribution is -0.384. The summed E-state index contributed by atoms with van der Waals surface area (Å²) in [4.78, 5) is 33.1. The van der Waals surface area contributed by atoms with E-state index < -0.39 is 16.8 Å². The largest absolute Gasteiger partial charge is 0.463 e. The number of non-ortho nitro benzene ring substituents is 1. The predicted molar refractivity (Wildman–Crippen MR) is 94.5 cm³/mol. The first kappa shape index (κ1) is 20.7. The van der Waals surface area contributed by atoms with Crippen LogP contribution >= 0.6 is 23.8 Å². The molecule has 0 radical (unpaired) electrons. The van der Waals surface area contributed by atoms with Crippen molar-refractivity contribution in [3.8, 4) is 0 Å². The highest BCUT2D eigenvalue weighted by Gasteiger charge is 2.12. The highest BCUT2D eigenvalue weighted by Crippen LogP contribution is 2.26. The number of halogens is 1. The first-order valence-electron chi connectivity index (χ1n) is 7.02. The smallest absolute Gasteiger partial charge is 0.306 e. The third-order valence-electron chi connectivity index (χ3n) is 2.77. The first-order valence-corrected chi connectivity index (χ1v) is 7.81. The predicted octanol–water partition coefficient (Wildman–Crippen LogP) is 2.03. The molecule has 136 valence electrons. The van der Waals surface area contributed by atoms with Crippen molar-refractivity contribution in [1.29, 1.82) is 0 Å². The summed E-state index contributed by atoms with van der Waals surface area (Å²) in [6.07, 6.45) is -0.210. The van der Waals surface area contributed by atoms with Crippen LogP contribution in [0, 0.1) is 10.1 Å². The van der Waals surface area contributed by atoms with Crippen LogP contribution in [0.25, 0.3) is 0 Å². The van der Waals surface area contributed by atoms with Gasteiger partial charge in [0.2, 0.25) is 5.91 Å². The Hall–Kier alpha value is -2.30. The first-order chi connectivity index (χ1) is 11.8. The molecule has 2 N–H and O–H groups in total. The van der Waals surface area contributed by atoms with Crippen LogP contribution in [0.4, 0.5) is 11.4 Å². The lowest BCUT2D eigenvalue weighted by atomic mass is 10.3. The molecule has 0 aliphatic heterocycles. The van der Waals surface area contributed by atoms with Crippen LogP contribution in [-0.2, 0) is 19.1 Å². The lowest BCUT2D eigenvalue weighted by Gasteiger charge is -2.10.